The summed E-state index contributed by atoms with van der Waals surface area (Å²) in [5.41, 5.74) is 5.33. The molecule has 2 heterocycles. The molecular weight excluding hydrogens is 344 g/mol. The van der Waals surface area contributed by atoms with E-state index < -0.39 is 5.91 Å². The van der Waals surface area contributed by atoms with Crippen LogP contribution in [0.25, 0.3) is 17.0 Å². The SMILES string of the molecule is CC(C)C(c1cc2ccc(N(C)C)cc2[nH]1)n1cc(C=CC(=O)NO)nn1. The third kappa shape index (κ3) is 4.01. The molecule has 1 unspecified atom stereocenters. The second kappa shape index (κ2) is 7.63. The van der Waals surface area contributed by atoms with Crippen molar-refractivity contribution in [2.75, 3.05) is 19.0 Å². The number of fused-ring (bicyclic) bond motifs is 1. The highest BCUT2D eigenvalue weighted by Gasteiger charge is 2.21. The molecule has 1 amide bonds. The molecule has 8 heteroatoms. The van der Waals surface area contributed by atoms with Crippen LogP contribution in [0.4, 0.5) is 5.69 Å². The molecule has 3 rings (SSSR count). The first-order valence-electron chi connectivity index (χ1n) is 8.73. The third-order valence-corrected chi connectivity index (χ3v) is 4.42. The third-order valence-electron chi connectivity index (χ3n) is 4.42. The van der Waals surface area contributed by atoms with Crippen LogP contribution in [0, 0.1) is 5.92 Å². The predicted molar refractivity (Wildman–Crippen MR) is 105 cm³/mol. The van der Waals surface area contributed by atoms with E-state index in [1.165, 1.54) is 12.2 Å². The van der Waals surface area contributed by atoms with E-state index in [9.17, 15) is 4.79 Å². The minimum absolute atomic E-state index is 0.0264. The van der Waals surface area contributed by atoms with Crippen molar-refractivity contribution in [1.29, 1.82) is 0 Å². The van der Waals surface area contributed by atoms with Crippen molar-refractivity contribution in [3.63, 3.8) is 0 Å². The van der Waals surface area contributed by atoms with Gasteiger partial charge >= 0.3 is 0 Å². The molecule has 0 fully saturated rings. The van der Waals surface area contributed by atoms with Crippen LogP contribution in [-0.2, 0) is 4.79 Å². The topological polar surface area (TPSA) is 99.1 Å². The first kappa shape index (κ1) is 18.7. The average Bonchev–Trinajstić information content (AvgIpc) is 3.25. The van der Waals surface area contributed by atoms with Gasteiger partial charge in [0.25, 0.3) is 5.91 Å². The average molecular weight is 368 g/mol. The van der Waals surface area contributed by atoms with Crippen LogP contribution < -0.4 is 10.4 Å². The van der Waals surface area contributed by atoms with Crippen LogP contribution in [-0.4, -0.2) is 45.2 Å². The molecule has 142 valence electrons. The number of aromatic nitrogens is 4. The van der Waals surface area contributed by atoms with Crippen molar-refractivity contribution in [2.24, 2.45) is 5.92 Å². The summed E-state index contributed by atoms with van der Waals surface area (Å²) in [5, 5.41) is 18.0. The van der Waals surface area contributed by atoms with Crippen molar-refractivity contribution in [3.05, 3.63) is 47.9 Å². The van der Waals surface area contributed by atoms with Crippen LogP contribution in [0.15, 0.2) is 36.5 Å². The minimum Gasteiger partial charge on any atom is -0.378 e. The van der Waals surface area contributed by atoms with Gasteiger partial charge in [0.05, 0.1) is 12.2 Å². The van der Waals surface area contributed by atoms with Gasteiger partial charge in [0.15, 0.2) is 0 Å². The summed E-state index contributed by atoms with van der Waals surface area (Å²) in [5.74, 6) is -0.345. The summed E-state index contributed by atoms with van der Waals surface area (Å²) in [6.45, 7) is 4.25. The van der Waals surface area contributed by atoms with Gasteiger partial charge in [-0.15, -0.1) is 5.10 Å². The fraction of sp³-hybridized carbons (Fsp3) is 0.316. The van der Waals surface area contributed by atoms with Gasteiger partial charge in [-0.05, 0) is 35.6 Å². The van der Waals surface area contributed by atoms with E-state index in [0.717, 1.165) is 22.3 Å². The van der Waals surface area contributed by atoms with E-state index in [1.54, 1.807) is 16.4 Å². The van der Waals surface area contributed by atoms with Crippen molar-refractivity contribution < 1.29 is 10.0 Å². The maximum Gasteiger partial charge on any atom is 0.267 e. The first-order chi connectivity index (χ1) is 12.9. The highest BCUT2D eigenvalue weighted by atomic mass is 16.5. The first-order valence-corrected chi connectivity index (χ1v) is 8.73. The van der Waals surface area contributed by atoms with E-state index in [0.29, 0.717) is 5.69 Å². The Morgan fingerprint density at radius 2 is 2.11 bits per heavy atom. The largest absolute Gasteiger partial charge is 0.378 e. The van der Waals surface area contributed by atoms with Crippen LogP contribution in [0.5, 0.6) is 0 Å². The number of nitrogens with zero attached hydrogens (tertiary/aromatic N) is 4. The molecule has 0 aliphatic carbocycles. The summed E-state index contributed by atoms with van der Waals surface area (Å²) >= 11 is 0. The van der Waals surface area contributed by atoms with E-state index >= 15 is 0 Å². The number of hydrogen-bond acceptors (Lipinski definition) is 5. The molecule has 27 heavy (non-hydrogen) atoms. The zero-order valence-corrected chi connectivity index (χ0v) is 15.8. The predicted octanol–water partition coefficient (Wildman–Crippen LogP) is 2.59. The van der Waals surface area contributed by atoms with Gasteiger partial charge in [-0.3, -0.25) is 10.0 Å². The second-order valence-electron chi connectivity index (χ2n) is 7.01. The fourth-order valence-corrected chi connectivity index (χ4v) is 3.08. The smallest absolute Gasteiger partial charge is 0.267 e. The lowest BCUT2D eigenvalue weighted by molar-refractivity contribution is -0.124. The second-order valence-corrected chi connectivity index (χ2v) is 7.01. The van der Waals surface area contributed by atoms with E-state index in [-0.39, 0.29) is 12.0 Å². The Morgan fingerprint density at radius 1 is 1.33 bits per heavy atom. The van der Waals surface area contributed by atoms with Crippen molar-refractivity contribution >= 4 is 28.6 Å². The molecule has 0 bridgehead atoms. The number of rotatable bonds is 6. The molecule has 3 N–H and O–H groups in total. The van der Waals surface area contributed by atoms with Crippen LogP contribution in [0.2, 0.25) is 0 Å². The van der Waals surface area contributed by atoms with Crippen LogP contribution in [0.3, 0.4) is 0 Å². The molecule has 1 aromatic carbocycles. The maximum atomic E-state index is 11.1. The van der Waals surface area contributed by atoms with E-state index in [2.05, 4.69) is 58.3 Å². The highest BCUT2D eigenvalue weighted by molar-refractivity contribution is 5.90. The number of hydroxylamine groups is 1. The molecule has 8 nitrogen and oxygen atoms in total. The number of carbonyl (C=O) groups excluding carboxylic acids is 1. The number of H-pyrrole nitrogens is 1. The summed E-state index contributed by atoms with van der Waals surface area (Å²) < 4.78 is 1.79. The van der Waals surface area contributed by atoms with Crippen LogP contribution in [0.1, 0.15) is 31.3 Å². The lowest BCUT2D eigenvalue weighted by Crippen LogP contribution is -2.17. The van der Waals surface area contributed by atoms with Crippen molar-refractivity contribution in [2.45, 2.75) is 19.9 Å². The Morgan fingerprint density at radius 3 is 2.78 bits per heavy atom. The van der Waals surface area contributed by atoms with E-state index in [4.69, 9.17) is 5.21 Å². The molecule has 1 atom stereocenters. The Labute approximate surface area is 157 Å². The molecule has 3 aromatic rings. The monoisotopic (exact) mass is 368 g/mol. The van der Waals surface area contributed by atoms with Gasteiger partial charge < -0.3 is 9.88 Å². The number of aromatic amines is 1. The van der Waals surface area contributed by atoms with Crippen molar-refractivity contribution in [1.82, 2.24) is 25.5 Å². The Balaban J connectivity index is 1.94. The Hall–Kier alpha value is -3.13. The summed E-state index contributed by atoms with van der Waals surface area (Å²) in [6.07, 6.45) is 4.48. The lowest BCUT2D eigenvalue weighted by atomic mass is 10.0. The van der Waals surface area contributed by atoms with E-state index in [1.807, 2.05) is 14.1 Å². The van der Waals surface area contributed by atoms with Gasteiger partial charge in [-0.2, -0.15) is 0 Å². The van der Waals surface area contributed by atoms with Crippen LogP contribution >= 0.6 is 0 Å². The lowest BCUT2D eigenvalue weighted by Gasteiger charge is -2.19. The molecule has 0 radical (unpaired) electrons. The number of nitrogens with one attached hydrogen (secondary N) is 2. The van der Waals surface area contributed by atoms with Gasteiger partial charge in [-0.25, -0.2) is 10.2 Å². The Kier molecular flexibility index (Phi) is 5.27. The molecular formula is C19H24N6O2. The van der Waals surface area contributed by atoms with Gasteiger partial charge in [0.1, 0.15) is 5.69 Å². The zero-order valence-electron chi connectivity index (χ0n) is 15.8. The quantitative estimate of drug-likeness (QED) is 0.353. The van der Waals surface area contributed by atoms with Gasteiger partial charge in [0, 0.05) is 37.1 Å². The molecule has 0 saturated heterocycles. The standard InChI is InChI=1S/C19H24N6O2/c1-12(2)19(25-11-14(21-23-25)6-8-18(26)22-27)17-9-13-5-7-15(24(3)4)10-16(13)20-17/h5-12,19-20,27H,1-4H3,(H,22,26). The molecule has 0 saturated carbocycles. The normalized spacial score (nSPS) is 12.8. The fourth-order valence-electron chi connectivity index (χ4n) is 3.08. The van der Waals surface area contributed by atoms with Gasteiger partial charge in [0.2, 0.25) is 0 Å². The minimum atomic E-state index is -0.614. The number of hydrogen-bond donors (Lipinski definition) is 3. The molecule has 0 aliphatic heterocycles. The summed E-state index contributed by atoms with van der Waals surface area (Å²) in [7, 11) is 4.03. The Bertz CT molecular complexity index is 970. The molecule has 0 aliphatic rings. The number of carbonyl (C=O) groups is 1. The van der Waals surface area contributed by atoms with Gasteiger partial charge in [-0.1, -0.05) is 25.1 Å². The maximum absolute atomic E-state index is 11.1. The molecule has 0 spiro atoms. The van der Waals surface area contributed by atoms with Crippen molar-refractivity contribution in [3.8, 4) is 0 Å². The summed E-state index contributed by atoms with van der Waals surface area (Å²) in [6, 6.07) is 8.43. The summed E-state index contributed by atoms with van der Waals surface area (Å²) in [4.78, 5) is 16.7. The highest BCUT2D eigenvalue weighted by Crippen LogP contribution is 2.30. The number of benzene rings is 1. The molecule has 2 aromatic heterocycles. The number of anilines is 1. The number of amides is 1. The zero-order chi connectivity index (χ0) is 19.6.